The highest BCUT2D eigenvalue weighted by Crippen LogP contribution is 2.25. The Labute approximate surface area is 111 Å². The first-order valence-electron chi connectivity index (χ1n) is 6.40. The van der Waals surface area contributed by atoms with E-state index in [4.69, 9.17) is 4.74 Å². The number of carbonyl (C=O) groups excluding carboxylic acids is 1. The van der Waals surface area contributed by atoms with Gasteiger partial charge in [-0.05, 0) is 18.9 Å². The Hall–Kier alpha value is -2.11. The second-order valence-corrected chi connectivity index (χ2v) is 4.70. The van der Waals surface area contributed by atoms with Crippen LogP contribution < -0.4 is 4.90 Å². The lowest BCUT2D eigenvalue weighted by molar-refractivity contribution is -0.146. The molecule has 0 bridgehead atoms. The molecule has 0 saturated carbocycles. The maximum atomic E-state index is 11.5. The van der Waals surface area contributed by atoms with Crippen molar-refractivity contribution in [3.63, 3.8) is 0 Å². The van der Waals surface area contributed by atoms with E-state index < -0.39 is 0 Å². The number of nitrogens with zero attached hydrogens (tertiary/aromatic N) is 4. The molecular formula is C13H16N4O2. The van der Waals surface area contributed by atoms with Gasteiger partial charge in [0.05, 0.1) is 19.2 Å². The first-order valence-corrected chi connectivity index (χ1v) is 6.40. The molecular weight excluding hydrogens is 244 g/mol. The Morgan fingerprint density at radius 3 is 2.89 bits per heavy atom. The zero-order valence-electron chi connectivity index (χ0n) is 10.8. The van der Waals surface area contributed by atoms with Gasteiger partial charge in [-0.15, -0.1) is 0 Å². The first kappa shape index (κ1) is 12.0. The second kappa shape index (κ2) is 4.87. The van der Waals surface area contributed by atoms with Crippen LogP contribution in [-0.4, -0.2) is 40.8 Å². The fourth-order valence-electron chi connectivity index (χ4n) is 2.58. The monoisotopic (exact) mass is 260 g/mol. The van der Waals surface area contributed by atoms with Gasteiger partial charge in [-0.25, -0.2) is 9.50 Å². The highest BCUT2D eigenvalue weighted by Gasteiger charge is 2.26. The molecule has 6 nitrogen and oxygen atoms in total. The van der Waals surface area contributed by atoms with Gasteiger partial charge in [0.1, 0.15) is 5.52 Å². The van der Waals surface area contributed by atoms with E-state index in [1.165, 1.54) is 7.11 Å². The van der Waals surface area contributed by atoms with Gasteiger partial charge in [-0.2, -0.15) is 5.10 Å². The van der Waals surface area contributed by atoms with Gasteiger partial charge in [0.15, 0.2) is 5.82 Å². The minimum absolute atomic E-state index is 0.0193. The molecule has 2 aromatic rings. The van der Waals surface area contributed by atoms with Crippen molar-refractivity contribution in [3.8, 4) is 0 Å². The van der Waals surface area contributed by atoms with Gasteiger partial charge in [0.25, 0.3) is 0 Å². The Morgan fingerprint density at radius 2 is 2.16 bits per heavy atom. The molecule has 0 atom stereocenters. The average Bonchev–Trinajstić information content (AvgIpc) is 2.95. The minimum Gasteiger partial charge on any atom is -0.469 e. The molecule has 0 spiro atoms. The number of ether oxygens (including phenoxy) is 1. The van der Waals surface area contributed by atoms with Crippen LogP contribution in [0.25, 0.3) is 5.52 Å². The second-order valence-electron chi connectivity index (χ2n) is 4.70. The molecule has 3 heterocycles. The summed E-state index contributed by atoms with van der Waals surface area (Å²) < 4.78 is 6.62. The number of carbonyl (C=O) groups is 1. The smallest absolute Gasteiger partial charge is 0.308 e. The third-order valence-electron chi connectivity index (χ3n) is 3.63. The summed E-state index contributed by atoms with van der Waals surface area (Å²) in [6, 6.07) is 1.95. The maximum Gasteiger partial charge on any atom is 0.308 e. The van der Waals surface area contributed by atoms with Gasteiger partial charge < -0.3 is 9.64 Å². The van der Waals surface area contributed by atoms with E-state index in [-0.39, 0.29) is 11.9 Å². The van der Waals surface area contributed by atoms with E-state index in [0.717, 1.165) is 37.3 Å². The summed E-state index contributed by atoms with van der Waals surface area (Å²) >= 11 is 0. The standard InChI is InChI=1S/C13H16N4O2/c1-19-13(18)10-3-7-16(8-4-10)12-11-2-5-15-17(11)9-6-14-12/h2,5-6,9-10H,3-4,7-8H2,1H3. The number of hydrogen-bond donors (Lipinski definition) is 0. The van der Waals surface area contributed by atoms with E-state index >= 15 is 0 Å². The summed E-state index contributed by atoms with van der Waals surface area (Å²) in [4.78, 5) is 18.2. The van der Waals surface area contributed by atoms with Gasteiger partial charge in [-0.1, -0.05) is 0 Å². The van der Waals surface area contributed by atoms with E-state index in [9.17, 15) is 4.79 Å². The van der Waals surface area contributed by atoms with Crippen LogP contribution in [-0.2, 0) is 9.53 Å². The van der Waals surface area contributed by atoms with Gasteiger partial charge in [0, 0.05) is 25.5 Å². The number of esters is 1. The summed E-state index contributed by atoms with van der Waals surface area (Å²) in [5.41, 5.74) is 0.999. The van der Waals surface area contributed by atoms with Crippen molar-refractivity contribution in [1.29, 1.82) is 0 Å². The topological polar surface area (TPSA) is 59.7 Å². The largest absolute Gasteiger partial charge is 0.469 e. The Kier molecular flexibility index (Phi) is 3.06. The van der Waals surface area contributed by atoms with Crippen LogP contribution in [0.15, 0.2) is 24.7 Å². The molecule has 1 fully saturated rings. The minimum atomic E-state index is -0.102. The van der Waals surface area contributed by atoms with Crippen LogP contribution >= 0.6 is 0 Å². The highest BCUT2D eigenvalue weighted by molar-refractivity contribution is 5.73. The van der Waals surface area contributed by atoms with Crippen LogP contribution in [0.1, 0.15) is 12.8 Å². The predicted octanol–water partition coefficient (Wildman–Crippen LogP) is 1.12. The van der Waals surface area contributed by atoms with Gasteiger partial charge in [-0.3, -0.25) is 4.79 Å². The summed E-state index contributed by atoms with van der Waals surface area (Å²) in [6.45, 7) is 1.63. The number of methoxy groups -OCH3 is 1. The molecule has 0 aromatic carbocycles. The third kappa shape index (κ3) is 2.14. The average molecular weight is 260 g/mol. The molecule has 1 saturated heterocycles. The van der Waals surface area contributed by atoms with Crippen LogP contribution in [0.2, 0.25) is 0 Å². The molecule has 19 heavy (non-hydrogen) atoms. The lowest BCUT2D eigenvalue weighted by Gasteiger charge is -2.31. The number of anilines is 1. The summed E-state index contributed by atoms with van der Waals surface area (Å²) in [5, 5.41) is 4.21. The van der Waals surface area contributed by atoms with Gasteiger partial charge in [0.2, 0.25) is 0 Å². The number of rotatable bonds is 2. The lowest BCUT2D eigenvalue weighted by Crippen LogP contribution is -2.37. The highest BCUT2D eigenvalue weighted by atomic mass is 16.5. The number of fused-ring (bicyclic) bond motifs is 1. The van der Waals surface area contributed by atoms with E-state index in [1.807, 2.05) is 16.8 Å². The van der Waals surface area contributed by atoms with Crippen molar-refractivity contribution in [2.75, 3.05) is 25.1 Å². The quantitative estimate of drug-likeness (QED) is 0.757. The number of piperidine rings is 1. The Morgan fingerprint density at radius 1 is 1.37 bits per heavy atom. The molecule has 0 radical (unpaired) electrons. The van der Waals surface area contributed by atoms with Gasteiger partial charge >= 0.3 is 5.97 Å². The first-order chi connectivity index (χ1) is 9.29. The number of aromatic nitrogens is 3. The predicted molar refractivity (Wildman–Crippen MR) is 69.9 cm³/mol. The molecule has 3 rings (SSSR count). The summed E-state index contributed by atoms with van der Waals surface area (Å²) in [6.07, 6.45) is 6.97. The third-order valence-corrected chi connectivity index (χ3v) is 3.63. The SMILES string of the molecule is COC(=O)C1CCN(c2nccn3nccc23)CC1. The Bertz CT molecular complexity index is 587. The molecule has 0 aliphatic carbocycles. The van der Waals surface area contributed by atoms with E-state index in [0.29, 0.717) is 0 Å². The van der Waals surface area contributed by atoms with E-state index in [2.05, 4.69) is 15.0 Å². The zero-order chi connectivity index (χ0) is 13.2. The van der Waals surface area contributed by atoms with Crippen LogP contribution in [0.4, 0.5) is 5.82 Å². The lowest BCUT2D eigenvalue weighted by atomic mass is 9.97. The van der Waals surface area contributed by atoms with Crippen LogP contribution in [0.3, 0.4) is 0 Å². The molecule has 0 unspecified atom stereocenters. The molecule has 1 aliphatic rings. The summed E-state index contributed by atoms with van der Waals surface area (Å²) in [5.74, 6) is 0.851. The maximum absolute atomic E-state index is 11.5. The molecule has 0 N–H and O–H groups in total. The van der Waals surface area contributed by atoms with Crippen molar-refractivity contribution in [3.05, 3.63) is 24.7 Å². The van der Waals surface area contributed by atoms with Crippen molar-refractivity contribution < 1.29 is 9.53 Å². The fourth-order valence-corrected chi connectivity index (χ4v) is 2.58. The van der Waals surface area contributed by atoms with Crippen molar-refractivity contribution >= 4 is 17.3 Å². The fraction of sp³-hybridized carbons (Fsp3) is 0.462. The summed E-state index contributed by atoms with van der Waals surface area (Å²) in [7, 11) is 1.45. The molecule has 2 aromatic heterocycles. The molecule has 100 valence electrons. The zero-order valence-corrected chi connectivity index (χ0v) is 10.8. The molecule has 1 aliphatic heterocycles. The normalized spacial score (nSPS) is 16.8. The van der Waals surface area contributed by atoms with Crippen LogP contribution in [0, 0.1) is 5.92 Å². The number of hydrogen-bond acceptors (Lipinski definition) is 5. The van der Waals surface area contributed by atoms with Crippen molar-refractivity contribution in [1.82, 2.24) is 14.6 Å². The van der Waals surface area contributed by atoms with Crippen molar-refractivity contribution in [2.24, 2.45) is 5.92 Å². The molecule has 0 amide bonds. The van der Waals surface area contributed by atoms with Crippen LogP contribution in [0.5, 0.6) is 0 Å². The van der Waals surface area contributed by atoms with Crippen molar-refractivity contribution in [2.45, 2.75) is 12.8 Å². The Balaban J connectivity index is 1.78. The van der Waals surface area contributed by atoms with E-state index in [1.54, 1.807) is 12.4 Å². The molecule has 6 heteroatoms.